The molecule has 1 aromatic carbocycles. The van der Waals surface area contributed by atoms with Gasteiger partial charge in [-0.2, -0.15) is 13.2 Å². The van der Waals surface area contributed by atoms with Crippen LogP contribution in [0.25, 0.3) is 0 Å². The van der Waals surface area contributed by atoms with Crippen molar-refractivity contribution in [1.82, 2.24) is 0 Å². The number of benzene rings is 1. The Morgan fingerprint density at radius 2 is 2.11 bits per heavy atom. The number of alkyl halides is 3. The van der Waals surface area contributed by atoms with Crippen molar-refractivity contribution < 1.29 is 17.9 Å². The van der Waals surface area contributed by atoms with Gasteiger partial charge in [-0.3, -0.25) is 0 Å². The van der Waals surface area contributed by atoms with Gasteiger partial charge in [-0.15, -0.1) is 11.8 Å². The van der Waals surface area contributed by atoms with E-state index in [1.807, 2.05) is 13.0 Å². The summed E-state index contributed by atoms with van der Waals surface area (Å²) < 4.78 is 41.4. The summed E-state index contributed by atoms with van der Waals surface area (Å²) in [4.78, 5) is 0.943. The zero-order chi connectivity index (χ0) is 14.5. The average Bonchev–Trinajstić information content (AvgIpc) is 2.27. The van der Waals surface area contributed by atoms with Crippen LogP contribution in [0.3, 0.4) is 0 Å². The molecule has 1 aromatic rings. The molecule has 0 bridgehead atoms. The molecule has 0 spiro atoms. The van der Waals surface area contributed by atoms with E-state index in [0.29, 0.717) is 11.3 Å². The van der Waals surface area contributed by atoms with Crippen LogP contribution in [0.4, 0.5) is 13.2 Å². The molecule has 0 saturated heterocycles. The summed E-state index contributed by atoms with van der Waals surface area (Å²) in [5, 5.41) is 0. The first-order valence-electron chi connectivity index (χ1n) is 5.60. The quantitative estimate of drug-likeness (QED) is 0.641. The number of nitrogens with two attached hydrogens (primary N) is 1. The van der Waals surface area contributed by atoms with E-state index in [1.165, 1.54) is 11.8 Å². The van der Waals surface area contributed by atoms with Gasteiger partial charge in [0.1, 0.15) is 10.7 Å². The predicted molar refractivity (Wildman–Crippen MR) is 74.9 cm³/mol. The molecule has 1 rings (SSSR count). The summed E-state index contributed by atoms with van der Waals surface area (Å²) in [6, 6.07) is 5.10. The van der Waals surface area contributed by atoms with Crippen LogP contribution in [0.5, 0.6) is 5.75 Å². The molecule has 0 unspecified atom stereocenters. The Balaban J connectivity index is 2.87. The molecule has 0 fully saturated rings. The van der Waals surface area contributed by atoms with E-state index in [0.717, 1.165) is 10.6 Å². The third-order valence-corrected chi connectivity index (χ3v) is 3.32. The maximum absolute atomic E-state index is 12.1. The minimum Gasteiger partial charge on any atom is -0.492 e. The molecule has 7 heteroatoms. The fraction of sp³-hybridized carbons (Fsp3) is 0.417. The van der Waals surface area contributed by atoms with Gasteiger partial charge in [-0.1, -0.05) is 25.2 Å². The average molecular weight is 309 g/mol. The largest absolute Gasteiger partial charge is 0.492 e. The zero-order valence-electron chi connectivity index (χ0n) is 10.3. The Hall–Kier alpha value is -0.950. The van der Waals surface area contributed by atoms with Gasteiger partial charge < -0.3 is 10.5 Å². The van der Waals surface area contributed by atoms with Crippen molar-refractivity contribution in [3.8, 4) is 5.75 Å². The van der Waals surface area contributed by atoms with E-state index in [9.17, 15) is 13.2 Å². The van der Waals surface area contributed by atoms with Crippen LogP contribution in [0, 0.1) is 0 Å². The smallest absolute Gasteiger partial charge is 0.392 e. The molecular formula is C12H14F3NOS2. The highest BCUT2D eigenvalue weighted by Gasteiger charge is 2.27. The minimum absolute atomic E-state index is 0.124. The third-order valence-electron chi connectivity index (χ3n) is 2.18. The first-order chi connectivity index (χ1) is 8.85. The van der Waals surface area contributed by atoms with Gasteiger partial charge in [0.15, 0.2) is 0 Å². The van der Waals surface area contributed by atoms with Crippen molar-refractivity contribution in [3.05, 3.63) is 23.8 Å². The van der Waals surface area contributed by atoms with Crippen LogP contribution in [-0.4, -0.2) is 23.5 Å². The van der Waals surface area contributed by atoms with E-state index in [-0.39, 0.29) is 4.99 Å². The van der Waals surface area contributed by atoms with Crippen LogP contribution in [0.15, 0.2) is 23.1 Å². The van der Waals surface area contributed by atoms with Crippen LogP contribution in [0.1, 0.15) is 18.9 Å². The van der Waals surface area contributed by atoms with Crippen LogP contribution in [-0.2, 0) is 0 Å². The Bertz CT molecular complexity index is 449. The number of halogens is 3. The maximum atomic E-state index is 12.1. The van der Waals surface area contributed by atoms with Crippen LogP contribution in [0.2, 0.25) is 0 Å². The van der Waals surface area contributed by atoms with Gasteiger partial charge in [0, 0.05) is 4.90 Å². The van der Waals surface area contributed by atoms with Gasteiger partial charge in [-0.05, 0) is 17.9 Å². The van der Waals surface area contributed by atoms with Crippen molar-refractivity contribution >= 4 is 29.0 Å². The molecule has 0 radical (unpaired) electrons. The predicted octanol–water partition coefficient (Wildman–Crippen LogP) is 3.76. The summed E-state index contributed by atoms with van der Waals surface area (Å²) in [5.74, 6) is 1.11. The summed E-state index contributed by atoms with van der Waals surface area (Å²) in [5.41, 5.74) is 6.13. The number of thioether (sulfide) groups is 1. The highest BCUT2D eigenvalue weighted by Crippen LogP contribution is 2.30. The van der Waals surface area contributed by atoms with Crippen molar-refractivity contribution in [1.29, 1.82) is 0 Å². The van der Waals surface area contributed by atoms with Gasteiger partial charge in [-0.25, -0.2) is 0 Å². The molecule has 2 nitrogen and oxygen atoms in total. The molecule has 2 N–H and O–H groups in total. The summed E-state index contributed by atoms with van der Waals surface area (Å²) >= 11 is 6.45. The fourth-order valence-electron chi connectivity index (χ4n) is 1.43. The lowest BCUT2D eigenvalue weighted by atomic mass is 10.2. The summed E-state index contributed by atoms with van der Waals surface area (Å²) in [7, 11) is 0. The highest BCUT2D eigenvalue weighted by molar-refractivity contribution is 7.99. The monoisotopic (exact) mass is 309 g/mol. The molecule has 0 atom stereocenters. The summed E-state index contributed by atoms with van der Waals surface area (Å²) in [6.45, 7) is 1.52. The molecule has 0 aliphatic carbocycles. The Labute approximate surface area is 119 Å². The SMILES string of the molecule is CCSc1cccc(OCCC(F)(F)F)c1C(N)=S. The van der Waals surface area contributed by atoms with E-state index < -0.39 is 19.2 Å². The molecular weight excluding hydrogens is 295 g/mol. The van der Waals surface area contributed by atoms with E-state index >= 15 is 0 Å². The number of thiocarbonyl (C=S) groups is 1. The van der Waals surface area contributed by atoms with E-state index in [1.54, 1.807) is 12.1 Å². The normalized spacial score (nSPS) is 11.4. The van der Waals surface area contributed by atoms with Gasteiger partial charge in [0.25, 0.3) is 0 Å². The van der Waals surface area contributed by atoms with Gasteiger partial charge >= 0.3 is 6.18 Å². The van der Waals surface area contributed by atoms with Crippen LogP contribution >= 0.6 is 24.0 Å². The van der Waals surface area contributed by atoms with Crippen molar-refractivity contribution in [3.63, 3.8) is 0 Å². The number of hydrogen-bond donors (Lipinski definition) is 1. The number of hydrogen-bond acceptors (Lipinski definition) is 3. The molecule has 0 saturated carbocycles. The molecule has 0 aliphatic heterocycles. The van der Waals surface area contributed by atoms with Gasteiger partial charge in [0.2, 0.25) is 0 Å². The van der Waals surface area contributed by atoms with E-state index in [2.05, 4.69) is 0 Å². The Morgan fingerprint density at radius 3 is 2.63 bits per heavy atom. The highest BCUT2D eigenvalue weighted by atomic mass is 32.2. The second-order valence-corrected chi connectivity index (χ2v) is 5.39. The molecule has 106 valence electrons. The van der Waals surface area contributed by atoms with Crippen molar-refractivity contribution in [2.24, 2.45) is 5.73 Å². The molecule has 0 aromatic heterocycles. The number of rotatable bonds is 6. The minimum atomic E-state index is -4.24. The Morgan fingerprint density at radius 1 is 1.42 bits per heavy atom. The molecule has 0 heterocycles. The summed E-state index contributed by atoms with van der Waals surface area (Å²) in [6.07, 6.45) is -5.24. The maximum Gasteiger partial charge on any atom is 0.392 e. The van der Waals surface area contributed by atoms with E-state index in [4.69, 9.17) is 22.7 Å². The van der Waals surface area contributed by atoms with Crippen molar-refractivity contribution in [2.45, 2.75) is 24.4 Å². The lowest BCUT2D eigenvalue weighted by molar-refractivity contribution is -0.139. The zero-order valence-corrected chi connectivity index (χ0v) is 11.9. The first-order valence-corrected chi connectivity index (χ1v) is 6.99. The third kappa shape index (κ3) is 5.28. The topological polar surface area (TPSA) is 35.2 Å². The lowest BCUT2D eigenvalue weighted by Gasteiger charge is -2.14. The fourth-order valence-corrected chi connectivity index (χ4v) is 2.54. The molecule has 0 aliphatic rings. The van der Waals surface area contributed by atoms with Crippen LogP contribution < -0.4 is 10.5 Å². The standard InChI is InChI=1S/C12H14F3NOS2/c1-2-19-9-5-3-4-8(10(9)11(16)18)17-7-6-12(13,14)15/h3-5H,2,6-7H2,1H3,(H2,16,18). The van der Waals surface area contributed by atoms with Gasteiger partial charge in [0.05, 0.1) is 18.6 Å². The molecule has 0 amide bonds. The molecule has 19 heavy (non-hydrogen) atoms. The second kappa shape index (κ2) is 7.00. The van der Waals surface area contributed by atoms with Crippen molar-refractivity contribution in [2.75, 3.05) is 12.4 Å². The first kappa shape index (κ1) is 16.1. The lowest BCUT2D eigenvalue weighted by Crippen LogP contribution is -2.16. The Kier molecular flexibility index (Phi) is 5.93. The number of ether oxygens (including phenoxy) is 1. The second-order valence-electron chi connectivity index (χ2n) is 3.64.